The molecule has 1 fully saturated rings. The van der Waals surface area contributed by atoms with Gasteiger partial charge in [-0.1, -0.05) is 42.0 Å². The second-order valence-corrected chi connectivity index (χ2v) is 8.08. The van der Waals surface area contributed by atoms with E-state index in [0.29, 0.717) is 5.25 Å². The molecule has 0 bridgehead atoms. The van der Waals surface area contributed by atoms with Crippen LogP contribution in [0.3, 0.4) is 0 Å². The number of hydrogen-bond donors (Lipinski definition) is 1. The molecule has 6 nitrogen and oxygen atoms in total. The normalized spacial score (nSPS) is 19.8. The number of rotatable bonds is 4. The number of hydrogen-bond acceptors (Lipinski definition) is 7. The van der Waals surface area contributed by atoms with Crippen LogP contribution >= 0.6 is 21.6 Å². The fourth-order valence-electron chi connectivity index (χ4n) is 2.22. The maximum atomic E-state index is 10.9. The third-order valence-corrected chi connectivity index (χ3v) is 6.45. The van der Waals surface area contributed by atoms with Gasteiger partial charge in [-0.15, -0.1) is 0 Å². The Morgan fingerprint density at radius 2 is 2.00 bits per heavy atom. The molecule has 0 radical (unpaired) electrons. The summed E-state index contributed by atoms with van der Waals surface area (Å²) in [5, 5.41) is 9.86. The van der Waals surface area contributed by atoms with Crippen LogP contribution in [-0.2, 0) is 14.4 Å². The number of hydroxylamine groups is 2. The Morgan fingerprint density at radius 3 is 2.54 bits per heavy atom. The molecule has 2 atom stereocenters. The Balaban J connectivity index is 0.000000254. The van der Waals surface area contributed by atoms with Crippen LogP contribution in [0.15, 0.2) is 59.3 Å². The average Bonchev–Trinajstić information content (AvgIpc) is 2.98. The molecule has 3 rings (SSSR count). The number of pyridine rings is 1. The monoisotopic (exact) mass is 390 g/mol. The van der Waals surface area contributed by atoms with Gasteiger partial charge in [-0.05, 0) is 29.0 Å². The molecule has 0 aromatic carbocycles. The topological polar surface area (TPSA) is 87.6 Å². The molecule has 1 aliphatic carbocycles. The van der Waals surface area contributed by atoms with Gasteiger partial charge in [0, 0.05) is 35.8 Å². The highest BCUT2D eigenvalue weighted by atomic mass is 33.1. The van der Waals surface area contributed by atoms with Gasteiger partial charge in [0.15, 0.2) is 0 Å². The smallest absolute Gasteiger partial charge is 0.253 e. The fraction of sp³-hybridized carbons (Fsp3) is 0.278. The van der Waals surface area contributed by atoms with Crippen molar-refractivity contribution < 1.29 is 19.6 Å². The Bertz CT molecular complexity index is 742. The molecule has 2 heterocycles. The molecule has 0 saturated carbocycles. The molecule has 1 aromatic rings. The Kier molecular flexibility index (Phi) is 7.87. The van der Waals surface area contributed by atoms with E-state index in [1.165, 1.54) is 0 Å². The van der Waals surface area contributed by atoms with E-state index >= 15 is 0 Å². The van der Waals surface area contributed by atoms with Crippen molar-refractivity contribution in [3.63, 3.8) is 0 Å². The van der Waals surface area contributed by atoms with Crippen molar-refractivity contribution in [3.05, 3.63) is 54.3 Å². The van der Waals surface area contributed by atoms with Crippen LogP contribution < -0.4 is 0 Å². The lowest BCUT2D eigenvalue weighted by molar-refractivity contribution is -0.171. The molecule has 2 unspecified atom stereocenters. The lowest BCUT2D eigenvalue weighted by Gasteiger charge is -2.20. The van der Waals surface area contributed by atoms with Crippen molar-refractivity contribution in [2.45, 2.75) is 30.0 Å². The summed E-state index contributed by atoms with van der Waals surface area (Å²) >= 11 is 0. The first-order valence-corrected chi connectivity index (χ1v) is 10.1. The number of allylic oxidation sites excluding steroid dienone is 5. The van der Waals surface area contributed by atoms with Gasteiger partial charge in [0.2, 0.25) is 0 Å². The zero-order chi connectivity index (χ0) is 18.9. The first-order chi connectivity index (χ1) is 12.5. The molecule has 26 heavy (non-hydrogen) atoms. The largest absolute Gasteiger partial charge is 0.279 e. The Hall–Kier alpha value is -2.12. The summed E-state index contributed by atoms with van der Waals surface area (Å²) < 4.78 is 0. The zero-order valence-corrected chi connectivity index (χ0v) is 15.7. The summed E-state index contributed by atoms with van der Waals surface area (Å²) in [6.45, 7) is 2.12. The summed E-state index contributed by atoms with van der Waals surface area (Å²) in [4.78, 5) is 35.6. The summed E-state index contributed by atoms with van der Waals surface area (Å²) in [5.74, 6) is 1.15. The van der Waals surface area contributed by atoms with E-state index in [4.69, 9.17) is 5.21 Å². The summed E-state index contributed by atoms with van der Waals surface area (Å²) in [6.07, 6.45) is 9.82. The van der Waals surface area contributed by atoms with E-state index in [0.717, 1.165) is 10.6 Å². The van der Waals surface area contributed by atoms with Crippen molar-refractivity contribution in [1.82, 2.24) is 10.0 Å². The highest BCUT2D eigenvalue weighted by molar-refractivity contribution is 8.76. The third-order valence-electron chi connectivity index (χ3n) is 3.64. The van der Waals surface area contributed by atoms with Crippen molar-refractivity contribution >= 4 is 39.3 Å². The number of carbonyl (C=O) groups excluding carboxylic acids is 3. The van der Waals surface area contributed by atoms with Gasteiger partial charge in [0.1, 0.15) is 11.0 Å². The first-order valence-electron chi connectivity index (χ1n) is 7.92. The second kappa shape index (κ2) is 10.1. The van der Waals surface area contributed by atoms with Gasteiger partial charge in [-0.25, -0.2) is 9.78 Å². The number of nitrogens with zero attached hydrogens (tertiary/aromatic N) is 2. The molecule has 1 aromatic heterocycles. The minimum atomic E-state index is -0.505. The van der Waals surface area contributed by atoms with E-state index in [-0.39, 0.29) is 23.8 Å². The highest BCUT2D eigenvalue weighted by Crippen LogP contribution is 2.38. The van der Waals surface area contributed by atoms with Crippen molar-refractivity contribution in [1.29, 1.82) is 0 Å². The van der Waals surface area contributed by atoms with Gasteiger partial charge >= 0.3 is 0 Å². The van der Waals surface area contributed by atoms with Gasteiger partial charge in [-0.3, -0.25) is 14.8 Å². The maximum Gasteiger partial charge on any atom is 0.253 e. The molecule has 136 valence electrons. The van der Waals surface area contributed by atoms with Crippen molar-refractivity contribution in [2.75, 3.05) is 0 Å². The van der Waals surface area contributed by atoms with Crippen molar-refractivity contribution in [2.24, 2.45) is 5.92 Å². The number of carbonyl (C=O) groups is 2. The van der Waals surface area contributed by atoms with E-state index in [2.05, 4.69) is 18.0 Å². The minimum absolute atomic E-state index is 0.133. The predicted octanol–water partition coefficient (Wildman–Crippen LogP) is 3.24. The van der Waals surface area contributed by atoms with Gasteiger partial charge in [-0.2, -0.15) is 5.06 Å². The van der Waals surface area contributed by atoms with E-state index in [9.17, 15) is 14.4 Å². The molecule has 0 spiro atoms. The van der Waals surface area contributed by atoms with Crippen LogP contribution in [0.25, 0.3) is 0 Å². The van der Waals surface area contributed by atoms with Crippen LogP contribution in [-0.4, -0.2) is 38.3 Å². The highest BCUT2D eigenvalue weighted by Gasteiger charge is 2.26. The van der Waals surface area contributed by atoms with Crippen molar-refractivity contribution in [3.8, 4) is 0 Å². The van der Waals surface area contributed by atoms with Gasteiger partial charge in [0.25, 0.3) is 11.8 Å². The fourth-order valence-corrected chi connectivity index (χ4v) is 4.47. The lowest BCUT2D eigenvalue weighted by atomic mass is 9.93. The first kappa shape index (κ1) is 20.2. The van der Waals surface area contributed by atoms with Gasteiger partial charge in [0.05, 0.1) is 0 Å². The summed E-state index contributed by atoms with van der Waals surface area (Å²) in [6, 6.07) is 5.86. The third kappa shape index (κ3) is 5.71. The zero-order valence-electron chi connectivity index (χ0n) is 14.1. The van der Waals surface area contributed by atoms with Crippen LogP contribution in [0.1, 0.15) is 19.8 Å². The number of aromatic nitrogens is 1. The number of amides is 2. The van der Waals surface area contributed by atoms with E-state index in [1.54, 1.807) is 27.8 Å². The Labute approximate surface area is 159 Å². The molecule has 2 aliphatic rings. The van der Waals surface area contributed by atoms with E-state index in [1.807, 2.05) is 42.4 Å². The lowest BCUT2D eigenvalue weighted by Crippen LogP contribution is -2.24. The summed E-state index contributed by atoms with van der Waals surface area (Å²) in [5.41, 5.74) is 0.721. The quantitative estimate of drug-likeness (QED) is 0.365. The van der Waals surface area contributed by atoms with Crippen LogP contribution in [0, 0.1) is 5.92 Å². The predicted molar refractivity (Wildman–Crippen MR) is 101 cm³/mol. The molecular weight excluding hydrogens is 372 g/mol. The molecule has 1 aliphatic heterocycles. The van der Waals surface area contributed by atoms with E-state index < -0.39 is 11.8 Å². The van der Waals surface area contributed by atoms with Crippen LogP contribution in [0.5, 0.6) is 0 Å². The van der Waals surface area contributed by atoms with Gasteiger partial charge < -0.3 is 0 Å². The Morgan fingerprint density at radius 1 is 1.27 bits per heavy atom. The standard InChI is InChI=1S/C14H13NOS2.C4H5NO3/c1-11(13-7-3-2-6-12(13)10-16)17-18-14-8-4-5-9-15-14;6-3-1-2-4(7)5(3)8/h2-9,11,13H,1H3;8H,1-2H2. The SMILES string of the molecule is CC(SSc1ccccn1)C1C=CC=CC1=C=O.O=C1CCC(=O)N1O. The maximum absolute atomic E-state index is 10.9. The molecule has 1 N–H and O–H groups in total. The second-order valence-electron chi connectivity index (χ2n) is 5.48. The molecule has 8 heteroatoms. The van der Waals surface area contributed by atoms with Crippen LogP contribution in [0.4, 0.5) is 0 Å². The average molecular weight is 390 g/mol. The number of imide groups is 1. The molecule has 1 saturated heterocycles. The minimum Gasteiger partial charge on any atom is -0.279 e. The van der Waals surface area contributed by atoms with Crippen LogP contribution in [0.2, 0.25) is 0 Å². The molecular formula is C18H18N2O4S2. The molecule has 2 amide bonds. The summed E-state index contributed by atoms with van der Waals surface area (Å²) in [7, 11) is 3.36.